The summed E-state index contributed by atoms with van der Waals surface area (Å²) in [4.78, 5) is 28.4. The van der Waals surface area contributed by atoms with Gasteiger partial charge >= 0.3 is 0 Å². The lowest BCUT2D eigenvalue weighted by Crippen LogP contribution is -2.40. The summed E-state index contributed by atoms with van der Waals surface area (Å²) in [5, 5.41) is 13.2. The van der Waals surface area contributed by atoms with Gasteiger partial charge in [-0.2, -0.15) is 0 Å². The maximum absolute atomic E-state index is 13.9. The molecule has 2 amide bonds. The van der Waals surface area contributed by atoms with Gasteiger partial charge in [-0.3, -0.25) is 9.59 Å². The molecule has 0 saturated carbocycles. The second kappa shape index (κ2) is 11.9. The quantitative estimate of drug-likeness (QED) is 0.280. The van der Waals surface area contributed by atoms with Crippen LogP contribution in [0.3, 0.4) is 0 Å². The number of nitrogens with one attached hydrogen (secondary N) is 1. The number of aromatic hydroxyl groups is 1. The lowest BCUT2D eigenvalue weighted by molar-refractivity contribution is 0.0694. The van der Waals surface area contributed by atoms with Crippen molar-refractivity contribution in [2.24, 2.45) is 0 Å². The van der Waals surface area contributed by atoms with Gasteiger partial charge in [0.25, 0.3) is 11.8 Å². The van der Waals surface area contributed by atoms with E-state index in [4.69, 9.17) is 25.8 Å². The van der Waals surface area contributed by atoms with Gasteiger partial charge in [0.15, 0.2) is 11.5 Å². The second-order valence-corrected chi connectivity index (χ2v) is 10.7. The Morgan fingerprint density at radius 1 is 1.07 bits per heavy atom. The number of carbonyl (C=O) groups is 2. The molecular formula is C33H28ClFN2O6. The monoisotopic (exact) mass is 602 g/mol. The third-order valence-corrected chi connectivity index (χ3v) is 7.89. The molecule has 0 saturated heterocycles. The minimum Gasteiger partial charge on any atom is -0.507 e. The number of hydrogen-bond acceptors (Lipinski definition) is 6. The van der Waals surface area contributed by atoms with Gasteiger partial charge in [0, 0.05) is 13.1 Å². The zero-order valence-corrected chi connectivity index (χ0v) is 24.0. The van der Waals surface area contributed by atoms with Crippen LogP contribution >= 0.6 is 11.6 Å². The molecule has 0 fully saturated rings. The lowest BCUT2D eigenvalue weighted by atomic mass is 9.87. The van der Waals surface area contributed by atoms with Crippen molar-refractivity contribution in [3.8, 4) is 28.7 Å². The molecule has 8 nitrogen and oxygen atoms in total. The van der Waals surface area contributed by atoms with E-state index in [1.807, 2.05) is 24.3 Å². The highest BCUT2D eigenvalue weighted by molar-refractivity contribution is 6.33. The van der Waals surface area contributed by atoms with E-state index in [9.17, 15) is 19.1 Å². The first-order chi connectivity index (χ1) is 20.8. The Morgan fingerprint density at radius 3 is 2.70 bits per heavy atom. The van der Waals surface area contributed by atoms with E-state index in [0.29, 0.717) is 48.9 Å². The maximum Gasteiger partial charge on any atom is 0.256 e. The van der Waals surface area contributed by atoms with Crippen LogP contribution < -0.4 is 19.5 Å². The van der Waals surface area contributed by atoms with Crippen molar-refractivity contribution in [1.29, 1.82) is 0 Å². The van der Waals surface area contributed by atoms with Crippen LogP contribution in [0.15, 0.2) is 72.8 Å². The number of phenols is 1. The van der Waals surface area contributed by atoms with E-state index in [1.54, 1.807) is 30.2 Å². The molecule has 220 valence electrons. The standard InChI is InChI=1S/C33H28ClFN2O6/c1-41-29-10-3-20-16-30(29)42-14-2-12-36-32(39)26-18-23(6-9-28(26)38)43-22-5-8-24-19(15-22)11-13-37(31(20)24)33(40)25-7-4-21(35)17-27(25)34/h3-10,15-18,31,38H,2,11-14H2,1H3,(H,36,39). The van der Waals surface area contributed by atoms with Crippen molar-refractivity contribution >= 4 is 23.4 Å². The van der Waals surface area contributed by atoms with E-state index in [0.717, 1.165) is 22.8 Å². The largest absolute Gasteiger partial charge is 0.507 e. The van der Waals surface area contributed by atoms with Crippen molar-refractivity contribution in [2.75, 3.05) is 26.8 Å². The highest BCUT2D eigenvalue weighted by Crippen LogP contribution is 2.41. The number of halogens is 2. The Balaban J connectivity index is 1.46. The lowest BCUT2D eigenvalue weighted by Gasteiger charge is -2.38. The van der Waals surface area contributed by atoms with E-state index in [1.165, 1.54) is 24.3 Å². The first-order valence-electron chi connectivity index (χ1n) is 13.8. The fourth-order valence-electron chi connectivity index (χ4n) is 5.49. The Kier molecular flexibility index (Phi) is 7.82. The van der Waals surface area contributed by atoms with Gasteiger partial charge in [-0.15, -0.1) is 0 Å². The summed E-state index contributed by atoms with van der Waals surface area (Å²) >= 11 is 6.32. The third-order valence-electron chi connectivity index (χ3n) is 7.58. The highest BCUT2D eigenvalue weighted by Gasteiger charge is 2.34. The number of amides is 2. The minimum absolute atomic E-state index is 0.0406. The van der Waals surface area contributed by atoms with Gasteiger partial charge in [-0.1, -0.05) is 23.7 Å². The van der Waals surface area contributed by atoms with Crippen molar-refractivity contribution in [3.05, 3.63) is 111 Å². The van der Waals surface area contributed by atoms with Gasteiger partial charge in [0.1, 0.15) is 23.1 Å². The zero-order valence-electron chi connectivity index (χ0n) is 23.2. The number of hydrogen-bond donors (Lipinski definition) is 2. The summed E-state index contributed by atoms with van der Waals surface area (Å²) in [6, 6.07) is 18.9. The predicted molar refractivity (Wildman–Crippen MR) is 158 cm³/mol. The molecule has 3 aliphatic heterocycles. The molecule has 0 radical (unpaired) electrons. The number of fused-ring (bicyclic) bond motifs is 6. The molecule has 3 heterocycles. The Bertz CT molecular complexity index is 1730. The average Bonchev–Trinajstić information content (AvgIpc) is 3.00. The molecule has 0 aliphatic carbocycles. The van der Waals surface area contributed by atoms with Gasteiger partial charge in [0.2, 0.25) is 0 Å². The smallest absolute Gasteiger partial charge is 0.256 e. The number of phenolic OH excluding ortho intramolecular Hbond substituents is 1. The summed E-state index contributed by atoms with van der Waals surface area (Å²) in [5.74, 6) is 0.498. The Labute approximate surface area is 252 Å². The molecule has 0 aromatic heterocycles. The summed E-state index contributed by atoms with van der Waals surface area (Å²) in [7, 11) is 1.55. The number of rotatable bonds is 2. The van der Waals surface area contributed by atoms with Crippen molar-refractivity contribution in [3.63, 3.8) is 0 Å². The first kappa shape index (κ1) is 28.4. The summed E-state index contributed by atoms with van der Waals surface area (Å²) in [6.07, 6.45) is 1.01. The Hall–Kier alpha value is -4.76. The van der Waals surface area contributed by atoms with Crippen LogP contribution in [-0.4, -0.2) is 48.6 Å². The first-order valence-corrected chi connectivity index (χ1v) is 14.2. The van der Waals surface area contributed by atoms with Gasteiger partial charge in [-0.25, -0.2) is 4.39 Å². The predicted octanol–water partition coefficient (Wildman–Crippen LogP) is 6.29. The van der Waals surface area contributed by atoms with Crippen LogP contribution in [-0.2, 0) is 6.42 Å². The van der Waals surface area contributed by atoms with E-state index in [2.05, 4.69) is 5.32 Å². The van der Waals surface area contributed by atoms with Crippen LogP contribution in [0.1, 0.15) is 49.9 Å². The van der Waals surface area contributed by atoms with E-state index >= 15 is 0 Å². The van der Waals surface area contributed by atoms with Crippen LogP contribution in [0.2, 0.25) is 5.02 Å². The van der Waals surface area contributed by atoms with Crippen molar-refractivity contribution in [2.45, 2.75) is 18.9 Å². The molecule has 3 aliphatic rings. The SMILES string of the molecule is COc1ccc2cc1OCCCNC(=O)c1cc(ccc1O)Oc1ccc3c(c1)CCN(C(=O)c1ccc(F)cc1Cl)C23. The number of methoxy groups -OCH3 is 1. The summed E-state index contributed by atoms with van der Waals surface area (Å²) in [6.45, 7) is 0.936. The topological polar surface area (TPSA) is 97.3 Å². The molecule has 7 rings (SSSR count). The molecule has 4 aromatic rings. The van der Waals surface area contributed by atoms with Crippen LogP contribution in [0, 0.1) is 5.82 Å². The molecule has 0 spiro atoms. The van der Waals surface area contributed by atoms with Crippen molar-refractivity contribution in [1.82, 2.24) is 10.2 Å². The third kappa shape index (κ3) is 5.68. The highest BCUT2D eigenvalue weighted by atomic mass is 35.5. The average molecular weight is 603 g/mol. The summed E-state index contributed by atoms with van der Waals surface area (Å²) in [5.41, 5.74) is 2.94. The fraction of sp³-hybridized carbons (Fsp3) is 0.212. The van der Waals surface area contributed by atoms with Crippen LogP contribution in [0.5, 0.6) is 28.7 Å². The van der Waals surface area contributed by atoms with Gasteiger partial charge in [0.05, 0.1) is 35.9 Å². The molecule has 10 heteroatoms. The summed E-state index contributed by atoms with van der Waals surface area (Å²) < 4.78 is 31.6. The fourth-order valence-corrected chi connectivity index (χ4v) is 5.73. The second-order valence-electron chi connectivity index (χ2n) is 10.3. The van der Waals surface area contributed by atoms with Gasteiger partial charge in [-0.05, 0) is 90.2 Å². The number of nitrogens with zero attached hydrogens (tertiary/aromatic N) is 1. The Morgan fingerprint density at radius 2 is 1.88 bits per heavy atom. The minimum atomic E-state index is -0.522. The van der Waals surface area contributed by atoms with E-state index in [-0.39, 0.29) is 34.4 Å². The number of ether oxygens (including phenoxy) is 3. The number of benzene rings is 4. The molecule has 1 atom stereocenters. The molecule has 4 aromatic carbocycles. The van der Waals surface area contributed by atoms with Crippen LogP contribution in [0.25, 0.3) is 0 Å². The number of carbonyl (C=O) groups excluding carboxylic acids is 2. The molecule has 1 unspecified atom stereocenters. The van der Waals surface area contributed by atoms with Crippen molar-refractivity contribution < 1.29 is 33.3 Å². The maximum atomic E-state index is 13.9. The molecular weight excluding hydrogens is 575 g/mol. The van der Waals surface area contributed by atoms with E-state index < -0.39 is 17.8 Å². The normalized spacial score (nSPS) is 16.3. The zero-order chi connectivity index (χ0) is 30.1. The molecule has 43 heavy (non-hydrogen) atoms. The molecule has 2 N–H and O–H groups in total. The van der Waals surface area contributed by atoms with Gasteiger partial charge < -0.3 is 29.5 Å². The van der Waals surface area contributed by atoms with Crippen LogP contribution in [0.4, 0.5) is 4.39 Å². The molecule has 8 bridgehead atoms.